The summed E-state index contributed by atoms with van der Waals surface area (Å²) in [5, 5.41) is 6.78. The Bertz CT molecular complexity index is 940. The zero-order valence-electron chi connectivity index (χ0n) is 14.1. The molecule has 0 fully saturated rings. The van der Waals surface area contributed by atoms with Gasteiger partial charge in [-0.25, -0.2) is 4.98 Å². The van der Waals surface area contributed by atoms with Gasteiger partial charge < -0.3 is 10.6 Å². The molecule has 2 heterocycles. The summed E-state index contributed by atoms with van der Waals surface area (Å²) in [5.41, 5.74) is 4.23. The quantitative estimate of drug-likeness (QED) is 0.704. The van der Waals surface area contributed by atoms with Crippen molar-refractivity contribution >= 4 is 29.0 Å². The van der Waals surface area contributed by atoms with E-state index in [2.05, 4.69) is 33.8 Å². The molecular weight excluding hydrogens is 346 g/mol. The lowest BCUT2D eigenvalue weighted by atomic mass is 9.94. The van der Waals surface area contributed by atoms with E-state index < -0.39 is 0 Å². The van der Waals surface area contributed by atoms with Crippen LogP contribution in [0.4, 0.5) is 11.5 Å². The van der Waals surface area contributed by atoms with E-state index in [1.807, 2.05) is 24.4 Å². The number of carbonyl (C=O) groups excluding carboxylic acids is 1. The van der Waals surface area contributed by atoms with E-state index in [4.69, 9.17) is 11.6 Å². The second-order valence-electron chi connectivity index (χ2n) is 6.39. The molecule has 4 nitrogen and oxygen atoms in total. The van der Waals surface area contributed by atoms with Crippen molar-refractivity contribution in [2.45, 2.75) is 12.3 Å². The van der Waals surface area contributed by atoms with Gasteiger partial charge in [-0.3, -0.25) is 4.79 Å². The highest BCUT2D eigenvalue weighted by Gasteiger charge is 2.21. The topological polar surface area (TPSA) is 54.0 Å². The lowest BCUT2D eigenvalue weighted by molar-refractivity contribution is 0.102. The summed E-state index contributed by atoms with van der Waals surface area (Å²) in [7, 11) is 0. The molecule has 2 aromatic carbocycles. The number of carbonyl (C=O) groups is 1. The van der Waals surface area contributed by atoms with Crippen molar-refractivity contribution in [3.8, 4) is 0 Å². The van der Waals surface area contributed by atoms with Crippen LogP contribution in [0.25, 0.3) is 0 Å². The second kappa shape index (κ2) is 7.18. The van der Waals surface area contributed by atoms with Gasteiger partial charge in [-0.15, -0.1) is 0 Å². The first-order valence-corrected chi connectivity index (χ1v) is 8.91. The van der Waals surface area contributed by atoms with E-state index in [-0.39, 0.29) is 5.91 Å². The van der Waals surface area contributed by atoms with E-state index >= 15 is 0 Å². The first-order chi connectivity index (χ1) is 12.7. The lowest BCUT2D eigenvalue weighted by Crippen LogP contribution is -2.13. The highest BCUT2D eigenvalue weighted by molar-refractivity contribution is 6.31. The van der Waals surface area contributed by atoms with Crippen LogP contribution in [0.15, 0.2) is 66.9 Å². The Labute approximate surface area is 157 Å². The molecule has 1 amide bonds. The Morgan fingerprint density at radius 2 is 2.04 bits per heavy atom. The summed E-state index contributed by atoms with van der Waals surface area (Å²) in [4.78, 5) is 16.6. The van der Waals surface area contributed by atoms with Crippen LogP contribution < -0.4 is 10.6 Å². The molecule has 0 bridgehead atoms. The van der Waals surface area contributed by atoms with Gasteiger partial charge in [0, 0.05) is 34.9 Å². The van der Waals surface area contributed by atoms with Crippen LogP contribution in [0, 0.1) is 0 Å². The molecule has 5 heteroatoms. The first-order valence-electron chi connectivity index (χ1n) is 8.54. The predicted molar refractivity (Wildman–Crippen MR) is 105 cm³/mol. The largest absolute Gasteiger partial charge is 0.384 e. The van der Waals surface area contributed by atoms with Crippen LogP contribution in [0.1, 0.15) is 27.4 Å². The van der Waals surface area contributed by atoms with Gasteiger partial charge in [0.2, 0.25) is 0 Å². The fourth-order valence-corrected chi connectivity index (χ4v) is 3.45. The van der Waals surface area contributed by atoms with Gasteiger partial charge in [-0.1, -0.05) is 41.9 Å². The minimum Gasteiger partial charge on any atom is -0.384 e. The number of hydrogen-bond donors (Lipinski definition) is 2. The monoisotopic (exact) mass is 363 g/mol. The van der Waals surface area contributed by atoms with Crippen molar-refractivity contribution in [2.75, 3.05) is 17.2 Å². The molecule has 0 saturated heterocycles. The molecule has 4 rings (SSSR count). The molecule has 1 unspecified atom stereocenters. The molecule has 2 N–H and O–H groups in total. The van der Waals surface area contributed by atoms with Gasteiger partial charge in [0.1, 0.15) is 5.82 Å². The Hall–Kier alpha value is -2.85. The standard InChI is InChI=1S/C21H18ClN3O/c22-17-5-3-4-15(11-17)21(26)25-20-9-8-14(12-24-20)10-16-13-23-19-7-2-1-6-18(16)19/h1-9,11-12,16,23H,10,13H2,(H,24,25,26). The zero-order valence-corrected chi connectivity index (χ0v) is 14.8. The summed E-state index contributed by atoms with van der Waals surface area (Å²) in [6, 6.07) is 19.1. The Kier molecular flexibility index (Phi) is 4.59. The number of halogens is 1. The number of benzene rings is 2. The Morgan fingerprint density at radius 1 is 1.15 bits per heavy atom. The van der Waals surface area contributed by atoms with Crippen LogP contribution in [0.3, 0.4) is 0 Å². The lowest BCUT2D eigenvalue weighted by Gasteiger charge is -2.11. The Morgan fingerprint density at radius 3 is 2.85 bits per heavy atom. The molecule has 0 saturated carbocycles. The van der Waals surface area contributed by atoms with Crippen molar-refractivity contribution in [1.82, 2.24) is 4.98 Å². The minimum atomic E-state index is -0.221. The SMILES string of the molecule is O=C(Nc1ccc(CC2CNc3ccccc32)cn1)c1cccc(Cl)c1. The molecule has 130 valence electrons. The number of anilines is 2. The van der Waals surface area contributed by atoms with E-state index in [1.54, 1.807) is 24.3 Å². The third-order valence-corrected chi connectivity index (χ3v) is 4.81. The van der Waals surface area contributed by atoms with Crippen LogP contribution in [0.5, 0.6) is 0 Å². The van der Waals surface area contributed by atoms with Crippen molar-refractivity contribution in [3.05, 3.63) is 88.6 Å². The normalized spacial score (nSPS) is 15.2. The summed E-state index contributed by atoms with van der Waals surface area (Å²) in [6.07, 6.45) is 2.74. The van der Waals surface area contributed by atoms with Gasteiger partial charge in [-0.2, -0.15) is 0 Å². The van der Waals surface area contributed by atoms with Crippen molar-refractivity contribution in [2.24, 2.45) is 0 Å². The van der Waals surface area contributed by atoms with Crippen LogP contribution in [-0.4, -0.2) is 17.4 Å². The number of hydrogen-bond acceptors (Lipinski definition) is 3. The minimum absolute atomic E-state index is 0.221. The van der Waals surface area contributed by atoms with Gasteiger partial charge in [0.15, 0.2) is 0 Å². The molecule has 0 spiro atoms. The molecule has 1 atom stereocenters. The van der Waals surface area contributed by atoms with Crippen molar-refractivity contribution in [3.63, 3.8) is 0 Å². The molecule has 1 aliphatic heterocycles. The molecule has 1 aliphatic rings. The van der Waals surface area contributed by atoms with Crippen LogP contribution in [-0.2, 0) is 6.42 Å². The van der Waals surface area contributed by atoms with Gasteiger partial charge in [-0.05, 0) is 47.9 Å². The number of para-hydroxylation sites is 1. The fourth-order valence-electron chi connectivity index (χ4n) is 3.26. The number of nitrogens with zero attached hydrogens (tertiary/aromatic N) is 1. The average molecular weight is 364 g/mol. The Balaban J connectivity index is 1.42. The molecule has 3 aromatic rings. The average Bonchev–Trinajstić information content (AvgIpc) is 3.06. The maximum atomic E-state index is 12.2. The number of nitrogens with one attached hydrogen (secondary N) is 2. The van der Waals surface area contributed by atoms with E-state index in [9.17, 15) is 4.79 Å². The molecule has 0 radical (unpaired) electrons. The summed E-state index contributed by atoms with van der Waals surface area (Å²) < 4.78 is 0. The zero-order chi connectivity index (χ0) is 17.9. The highest BCUT2D eigenvalue weighted by Crippen LogP contribution is 2.33. The fraction of sp³-hybridized carbons (Fsp3) is 0.143. The summed E-state index contributed by atoms with van der Waals surface area (Å²) >= 11 is 5.93. The molecule has 1 aromatic heterocycles. The molecule has 26 heavy (non-hydrogen) atoms. The van der Waals surface area contributed by atoms with Gasteiger partial charge >= 0.3 is 0 Å². The van der Waals surface area contributed by atoms with Crippen molar-refractivity contribution < 1.29 is 4.79 Å². The van der Waals surface area contributed by atoms with Gasteiger partial charge in [0.05, 0.1) is 0 Å². The van der Waals surface area contributed by atoms with Gasteiger partial charge in [0.25, 0.3) is 5.91 Å². The maximum absolute atomic E-state index is 12.2. The van der Waals surface area contributed by atoms with Crippen LogP contribution in [0.2, 0.25) is 5.02 Å². The van der Waals surface area contributed by atoms with E-state index in [1.165, 1.54) is 11.3 Å². The number of amides is 1. The molecule has 0 aliphatic carbocycles. The number of fused-ring (bicyclic) bond motifs is 1. The number of pyridine rings is 1. The van der Waals surface area contributed by atoms with Crippen molar-refractivity contribution in [1.29, 1.82) is 0 Å². The summed E-state index contributed by atoms with van der Waals surface area (Å²) in [5.74, 6) is 0.755. The third kappa shape index (κ3) is 3.55. The maximum Gasteiger partial charge on any atom is 0.256 e. The molecular formula is C21H18ClN3O. The highest BCUT2D eigenvalue weighted by atomic mass is 35.5. The van der Waals surface area contributed by atoms with E-state index in [0.29, 0.717) is 22.3 Å². The number of aromatic nitrogens is 1. The third-order valence-electron chi connectivity index (χ3n) is 4.57. The smallest absolute Gasteiger partial charge is 0.256 e. The van der Waals surface area contributed by atoms with E-state index in [0.717, 1.165) is 18.5 Å². The second-order valence-corrected chi connectivity index (χ2v) is 6.82. The predicted octanol–water partition coefficient (Wildman–Crippen LogP) is 4.74. The first kappa shape index (κ1) is 16.6. The van der Waals surface area contributed by atoms with Crippen LogP contribution >= 0.6 is 11.6 Å². The summed E-state index contributed by atoms with van der Waals surface area (Å²) in [6.45, 7) is 0.937. The number of rotatable bonds is 4.